The third-order valence-corrected chi connectivity index (χ3v) is 5.42. The lowest BCUT2D eigenvalue weighted by molar-refractivity contribution is -0.118. The first kappa shape index (κ1) is 22.6. The molecular formula is C21H24Cl2N2O2S. The highest BCUT2D eigenvalue weighted by molar-refractivity contribution is 7.98. The topological polar surface area (TPSA) is 58.2 Å². The number of halogens is 2. The number of rotatable bonds is 8. The van der Waals surface area contributed by atoms with Gasteiger partial charge < -0.3 is 10.6 Å². The van der Waals surface area contributed by atoms with Crippen molar-refractivity contribution in [1.29, 1.82) is 0 Å². The Hall–Kier alpha value is -1.69. The van der Waals surface area contributed by atoms with E-state index < -0.39 is 11.9 Å². The molecule has 1 unspecified atom stereocenters. The van der Waals surface area contributed by atoms with E-state index in [1.165, 1.54) is 6.07 Å². The molecule has 0 fully saturated rings. The number of carbonyl (C=O) groups is 2. The van der Waals surface area contributed by atoms with Crippen LogP contribution in [0.4, 0.5) is 5.69 Å². The van der Waals surface area contributed by atoms with Gasteiger partial charge in [-0.25, -0.2) is 0 Å². The van der Waals surface area contributed by atoms with E-state index in [0.29, 0.717) is 23.0 Å². The van der Waals surface area contributed by atoms with Gasteiger partial charge in [-0.15, -0.1) is 0 Å². The molecule has 150 valence electrons. The minimum absolute atomic E-state index is 0.249. The monoisotopic (exact) mass is 438 g/mol. The van der Waals surface area contributed by atoms with Crippen LogP contribution in [0.15, 0.2) is 42.5 Å². The van der Waals surface area contributed by atoms with Crippen molar-refractivity contribution in [2.45, 2.75) is 32.2 Å². The van der Waals surface area contributed by atoms with Crippen LogP contribution < -0.4 is 10.6 Å². The average Bonchev–Trinajstić information content (AvgIpc) is 2.65. The predicted molar refractivity (Wildman–Crippen MR) is 120 cm³/mol. The number of benzene rings is 2. The zero-order valence-corrected chi connectivity index (χ0v) is 18.4. The van der Waals surface area contributed by atoms with Crippen LogP contribution in [0.25, 0.3) is 0 Å². The molecule has 0 heterocycles. The van der Waals surface area contributed by atoms with Gasteiger partial charge in [0.15, 0.2) is 0 Å². The molecule has 1 atom stereocenters. The standard InChI is InChI=1S/C21H24Cl2N2O2S/c1-13(2)14-5-4-6-16(11-14)24-21(27)19(9-10-28-3)25-20(26)17-8-7-15(22)12-18(17)23/h4-8,11-13,19H,9-10H2,1-3H3,(H,24,27)(H,25,26). The van der Waals surface area contributed by atoms with Crippen molar-refractivity contribution in [3.8, 4) is 0 Å². The number of hydrogen-bond donors (Lipinski definition) is 2. The molecule has 0 aliphatic carbocycles. The Morgan fingerprint density at radius 1 is 1.11 bits per heavy atom. The van der Waals surface area contributed by atoms with E-state index in [4.69, 9.17) is 23.2 Å². The summed E-state index contributed by atoms with van der Waals surface area (Å²) in [7, 11) is 0. The first-order chi connectivity index (χ1) is 13.3. The molecule has 0 spiro atoms. The third kappa shape index (κ3) is 6.43. The molecule has 7 heteroatoms. The van der Waals surface area contributed by atoms with Gasteiger partial charge in [-0.3, -0.25) is 9.59 Å². The second kappa shape index (κ2) is 10.7. The summed E-state index contributed by atoms with van der Waals surface area (Å²) in [4.78, 5) is 25.4. The summed E-state index contributed by atoms with van der Waals surface area (Å²) in [6.45, 7) is 4.19. The second-order valence-corrected chi connectivity index (χ2v) is 8.53. The van der Waals surface area contributed by atoms with Gasteiger partial charge in [0, 0.05) is 10.7 Å². The predicted octanol–water partition coefficient (Wildman–Crippen LogP) is 5.61. The Kier molecular flexibility index (Phi) is 8.67. The summed E-state index contributed by atoms with van der Waals surface area (Å²) in [5.74, 6) is 0.432. The zero-order chi connectivity index (χ0) is 20.7. The molecule has 0 bridgehead atoms. The van der Waals surface area contributed by atoms with E-state index >= 15 is 0 Å². The van der Waals surface area contributed by atoms with Crippen molar-refractivity contribution in [2.24, 2.45) is 0 Å². The molecular weight excluding hydrogens is 415 g/mol. The maximum atomic E-state index is 12.8. The van der Waals surface area contributed by atoms with Crippen molar-refractivity contribution in [2.75, 3.05) is 17.3 Å². The van der Waals surface area contributed by atoms with Gasteiger partial charge in [0.2, 0.25) is 5.91 Å². The summed E-state index contributed by atoms with van der Waals surface area (Å²) < 4.78 is 0. The average molecular weight is 439 g/mol. The van der Waals surface area contributed by atoms with Crippen LogP contribution in [0, 0.1) is 0 Å². The fraction of sp³-hybridized carbons (Fsp3) is 0.333. The molecule has 4 nitrogen and oxygen atoms in total. The highest BCUT2D eigenvalue weighted by atomic mass is 35.5. The lowest BCUT2D eigenvalue weighted by Crippen LogP contribution is -2.44. The van der Waals surface area contributed by atoms with E-state index in [-0.39, 0.29) is 16.5 Å². The summed E-state index contributed by atoms with van der Waals surface area (Å²) in [6.07, 6.45) is 2.47. The molecule has 2 amide bonds. The second-order valence-electron chi connectivity index (χ2n) is 6.70. The fourth-order valence-corrected chi connectivity index (χ4v) is 3.58. The van der Waals surface area contributed by atoms with Crippen LogP contribution in [0.5, 0.6) is 0 Å². The normalized spacial score (nSPS) is 11.9. The number of thioether (sulfide) groups is 1. The molecule has 0 saturated heterocycles. The lowest BCUT2D eigenvalue weighted by atomic mass is 10.0. The van der Waals surface area contributed by atoms with Crippen molar-refractivity contribution in [3.05, 3.63) is 63.6 Å². The number of nitrogens with one attached hydrogen (secondary N) is 2. The van der Waals surface area contributed by atoms with E-state index in [1.807, 2.05) is 30.5 Å². The fourth-order valence-electron chi connectivity index (χ4n) is 2.62. The molecule has 2 N–H and O–H groups in total. The van der Waals surface area contributed by atoms with Gasteiger partial charge >= 0.3 is 0 Å². The van der Waals surface area contributed by atoms with Gasteiger partial charge in [-0.05, 0) is 60.2 Å². The number of hydrogen-bond acceptors (Lipinski definition) is 3. The first-order valence-corrected chi connectivity index (χ1v) is 11.1. The summed E-state index contributed by atoms with van der Waals surface area (Å²) >= 11 is 13.6. The Bertz CT molecular complexity index is 843. The third-order valence-electron chi connectivity index (χ3n) is 4.23. The van der Waals surface area contributed by atoms with Crippen LogP contribution in [-0.2, 0) is 4.79 Å². The highest BCUT2D eigenvalue weighted by Gasteiger charge is 2.22. The molecule has 0 saturated carbocycles. The smallest absolute Gasteiger partial charge is 0.253 e. The maximum Gasteiger partial charge on any atom is 0.253 e. The summed E-state index contributed by atoms with van der Waals surface area (Å²) in [5, 5.41) is 6.40. The van der Waals surface area contributed by atoms with Crippen molar-refractivity contribution in [3.63, 3.8) is 0 Å². The SMILES string of the molecule is CSCCC(NC(=O)c1ccc(Cl)cc1Cl)C(=O)Nc1cccc(C(C)C)c1. The van der Waals surface area contributed by atoms with E-state index in [0.717, 1.165) is 11.3 Å². The maximum absolute atomic E-state index is 12.8. The Morgan fingerprint density at radius 2 is 1.86 bits per heavy atom. The van der Waals surface area contributed by atoms with Gasteiger partial charge in [0.25, 0.3) is 5.91 Å². The first-order valence-electron chi connectivity index (χ1n) is 8.97. The van der Waals surface area contributed by atoms with Crippen molar-refractivity contribution < 1.29 is 9.59 Å². The molecule has 0 aromatic heterocycles. The molecule has 0 aliphatic heterocycles. The molecule has 0 aliphatic rings. The number of anilines is 1. The number of carbonyl (C=O) groups excluding carboxylic acids is 2. The van der Waals surface area contributed by atoms with E-state index in [2.05, 4.69) is 24.5 Å². The van der Waals surface area contributed by atoms with E-state index in [9.17, 15) is 9.59 Å². The quantitative estimate of drug-likeness (QED) is 0.562. The largest absolute Gasteiger partial charge is 0.340 e. The van der Waals surface area contributed by atoms with Gasteiger partial charge in [-0.1, -0.05) is 49.2 Å². The highest BCUT2D eigenvalue weighted by Crippen LogP contribution is 2.22. The van der Waals surface area contributed by atoms with Gasteiger partial charge in [0.05, 0.1) is 10.6 Å². The summed E-state index contributed by atoms with van der Waals surface area (Å²) in [5.41, 5.74) is 2.13. The van der Waals surface area contributed by atoms with Crippen molar-refractivity contribution >= 4 is 52.5 Å². The minimum atomic E-state index is -0.672. The zero-order valence-electron chi connectivity index (χ0n) is 16.1. The van der Waals surface area contributed by atoms with Crippen LogP contribution >= 0.6 is 35.0 Å². The minimum Gasteiger partial charge on any atom is -0.340 e. The lowest BCUT2D eigenvalue weighted by Gasteiger charge is -2.19. The van der Waals surface area contributed by atoms with Crippen LogP contribution in [0.1, 0.15) is 42.1 Å². The number of amides is 2. The van der Waals surface area contributed by atoms with Gasteiger partial charge in [0.1, 0.15) is 6.04 Å². The molecule has 28 heavy (non-hydrogen) atoms. The molecule has 2 aromatic carbocycles. The molecule has 2 aromatic rings. The molecule has 2 rings (SSSR count). The Morgan fingerprint density at radius 3 is 2.50 bits per heavy atom. The van der Waals surface area contributed by atoms with Gasteiger partial charge in [-0.2, -0.15) is 11.8 Å². The van der Waals surface area contributed by atoms with E-state index in [1.54, 1.807) is 23.9 Å². The molecule has 0 radical (unpaired) electrons. The van der Waals surface area contributed by atoms with Crippen LogP contribution in [-0.4, -0.2) is 29.9 Å². The Balaban J connectivity index is 2.14. The summed E-state index contributed by atoms with van der Waals surface area (Å²) in [6, 6.07) is 11.7. The Labute approximate surface area is 180 Å². The van der Waals surface area contributed by atoms with Crippen LogP contribution in [0.2, 0.25) is 10.0 Å². The van der Waals surface area contributed by atoms with Crippen LogP contribution in [0.3, 0.4) is 0 Å². The van der Waals surface area contributed by atoms with Crippen molar-refractivity contribution in [1.82, 2.24) is 5.32 Å².